The van der Waals surface area contributed by atoms with Gasteiger partial charge in [0.15, 0.2) is 0 Å². The molecule has 0 spiro atoms. The molecular formula is C9H21NO2. The summed E-state index contributed by atoms with van der Waals surface area (Å²) in [6.45, 7) is 9.89. The van der Waals surface area contributed by atoms with Crippen LogP contribution in [0.3, 0.4) is 0 Å². The molecule has 12 heavy (non-hydrogen) atoms. The maximum Gasteiger partial charge on any atom is 0.407 e. The maximum absolute atomic E-state index is 10.6. The third-order valence-electron chi connectivity index (χ3n) is 1.44. The van der Waals surface area contributed by atoms with Gasteiger partial charge in [0, 0.05) is 7.05 Å². The molecule has 0 saturated heterocycles. The lowest BCUT2D eigenvalue weighted by Gasteiger charge is -2.15. The van der Waals surface area contributed by atoms with Gasteiger partial charge in [0.25, 0.3) is 0 Å². The summed E-state index contributed by atoms with van der Waals surface area (Å²) < 4.78 is 4.91. The van der Waals surface area contributed by atoms with Crippen molar-refractivity contribution in [3.8, 4) is 0 Å². The van der Waals surface area contributed by atoms with Crippen LogP contribution in [0.25, 0.3) is 0 Å². The second-order valence-corrected chi connectivity index (χ2v) is 2.60. The zero-order valence-electron chi connectivity index (χ0n) is 8.97. The van der Waals surface area contributed by atoms with Crippen molar-refractivity contribution in [3.63, 3.8) is 0 Å². The number of carbonyl (C=O) groups excluding carboxylic acids is 1. The molecule has 0 aliphatic rings. The Labute approximate surface area is 75.5 Å². The van der Waals surface area contributed by atoms with Gasteiger partial charge in [0.05, 0.1) is 0 Å². The monoisotopic (exact) mass is 175 g/mol. The number of nitrogens with one attached hydrogen (secondary N) is 1. The molecule has 0 bridgehead atoms. The Kier molecular flexibility index (Phi) is 9.65. The van der Waals surface area contributed by atoms with Gasteiger partial charge in [0.1, 0.15) is 6.10 Å². The molecule has 0 aromatic heterocycles. The van der Waals surface area contributed by atoms with Crippen molar-refractivity contribution < 1.29 is 9.53 Å². The quantitative estimate of drug-likeness (QED) is 0.700. The third kappa shape index (κ3) is 7.38. The van der Waals surface area contributed by atoms with E-state index in [2.05, 4.69) is 5.32 Å². The molecule has 0 unspecified atom stereocenters. The molecule has 1 amide bonds. The Morgan fingerprint density at radius 1 is 1.25 bits per heavy atom. The van der Waals surface area contributed by atoms with Crippen LogP contribution in [0, 0.1) is 5.92 Å². The van der Waals surface area contributed by atoms with E-state index in [0.29, 0.717) is 5.92 Å². The largest absolute Gasteiger partial charge is 0.446 e. The molecule has 1 N–H and O–H groups in total. The zero-order chi connectivity index (χ0) is 10.1. The Morgan fingerprint density at radius 2 is 1.67 bits per heavy atom. The van der Waals surface area contributed by atoms with E-state index in [0.717, 1.165) is 0 Å². The predicted octanol–water partition coefficient (Wildman–Crippen LogP) is 2.41. The highest BCUT2D eigenvalue weighted by Gasteiger charge is 2.10. The normalized spacial score (nSPS) is 11.2. The number of rotatable bonds is 2. The van der Waals surface area contributed by atoms with Crippen LogP contribution in [-0.2, 0) is 4.74 Å². The van der Waals surface area contributed by atoms with E-state index in [1.807, 2.05) is 34.6 Å². The van der Waals surface area contributed by atoms with Crippen LogP contribution in [0.15, 0.2) is 0 Å². The Hall–Kier alpha value is -0.730. The van der Waals surface area contributed by atoms with E-state index >= 15 is 0 Å². The van der Waals surface area contributed by atoms with Crippen molar-refractivity contribution in [3.05, 3.63) is 0 Å². The lowest BCUT2D eigenvalue weighted by Crippen LogP contribution is -2.27. The first-order chi connectivity index (χ1) is 5.57. The molecule has 0 aromatic carbocycles. The fraction of sp³-hybridized carbons (Fsp3) is 0.889. The van der Waals surface area contributed by atoms with Crippen LogP contribution in [0.5, 0.6) is 0 Å². The molecule has 3 heteroatoms. The highest BCUT2D eigenvalue weighted by Crippen LogP contribution is 2.04. The number of hydrogen-bond donors (Lipinski definition) is 1. The zero-order valence-corrected chi connectivity index (χ0v) is 8.97. The molecule has 0 saturated carbocycles. The van der Waals surface area contributed by atoms with Gasteiger partial charge in [-0.15, -0.1) is 0 Å². The van der Waals surface area contributed by atoms with E-state index in [-0.39, 0.29) is 12.2 Å². The van der Waals surface area contributed by atoms with E-state index in [1.54, 1.807) is 7.05 Å². The lowest BCUT2D eigenvalue weighted by atomic mass is 10.1. The second kappa shape index (κ2) is 8.37. The van der Waals surface area contributed by atoms with Gasteiger partial charge in [-0.2, -0.15) is 0 Å². The first-order valence-electron chi connectivity index (χ1n) is 4.46. The molecule has 74 valence electrons. The maximum atomic E-state index is 10.6. The minimum absolute atomic E-state index is 0.0139. The van der Waals surface area contributed by atoms with Gasteiger partial charge in [-0.25, -0.2) is 4.79 Å². The molecule has 0 radical (unpaired) electrons. The minimum atomic E-state index is -0.360. The van der Waals surface area contributed by atoms with Crippen molar-refractivity contribution in [2.75, 3.05) is 7.05 Å². The Morgan fingerprint density at radius 3 is 1.92 bits per heavy atom. The van der Waals surface area contributed by atoms with Crippen LogP contribution in [0.1, 0.15) is 34.6 Å². The minimum Gasteiger partial charge on any atom is -0.446 e. The number of amides is 1. The molecule has 0 fully saturated rings. The Balaban J connectivity index is 0. The smallest absolute Gasteiger partial charge is 0.407 e. The fourth-order valence-corrected chi connectivity index (χ4v) is 0.364. The van der Waals surface area contributed by atoms with Gasteiger partial charge < -0.3 is 10.1 Å². The molecule has 0 rings (SSSR count). The van der Waals surface area contributed by atoms with Crippen molar-refractivity contribution in [2.24, 2.45) is 5.92 Å². The molecule has 3 nitrogen and oxygen atoms in total. The number of carbonyl (C=O) groups is 1. The van der Waals surface area contributed by atoms with Crippen molar-refractivity contribution in [2.45, 2.75) is 40.7 Å². The van der Waals surface area contributed by atoms with Gasteiger partial charge >= 0.3 is 6.09 Å². The average Bonchev–Trinajstić information content (AvgIpc) is 2.07. The molecule has 0 aliphatic carbocycles. The van der Waals surface area contributed by atoms with Crippen LogP contribution in [-0.4, -0.2) is 19.2 Å². The van der Waals surface area contributed by atoms with Crippen LogP contribution >= 0.6 is 0 Å². The van der Waals surface area contributed by atoms with Gasteiger partial charge in [-0.05, 0) is 12.8 Å². The molecule has 0 aromatic rings. The van der Waals surface area contributed by atoms with E-state index in [1.165, 1.54) is 0 Å². The van der Waals surface area contributed by atoms with E-state index < -0.39 is 0 Å². The molecular weight excluding hydrogens is 154 g/mol. The average molecular weight is 175 g/mol. The van der Waals surface area contributed by atoms with Crippen LogP contribution in [0.2, 0.25) is 0 Å². The summed E-state index contributed by atoms with van der Waals surface area (Å²) in [6, 6.07) is 0. The first kappa shape index (κ1) is 13.8. The summed E-state index contributed by atoms with van der Waals surface area (Å²) >= 11 is 0. The van der Waals surface area contributed by atoms with Gasteiger partial charge in [-0.1, -0.05) is 27.7 Å². The van der Waals surface area contributed by atoms with Crippen molar-refractivity contribution in [1.82, 2.24) is 5.32 Å². The van der Waals surface area contributed by atoms with Gasteiger partial charge in [-0.3, -0.25) is 0 Å². The lowest BCUT2D eigenvalue weighted by molar-refractivity contribution is 0.0838. The summed E-state index contributed by atoms with van der Waals surface area (Å²) in [4.78, 5) is 10.6. The molecule has 1 atom stereocenters. The van der Waals surface area contributed by atoms with Crippen molar-refractivity contribution in [1.29, 1.82) is 0 Å². The first-order valence-corrected chi connectivity index (χ1v) is 4.46. The van der Waals surface area contributed by atoms with E-state index in [4.69, 9.17) is 4.74 Å². The fourth-order valence-electron chi connectivity index (χ4n) is 0.364. The highest BCUT2D eigenvalue weighted by molar-refractivity contribution is 5.66. The van der Waals surface area contributed by atoms with Crippen LogP contribution < -0.4 is 5.32 Å². The number of alkyl carbamates (subject to hydrolysis) is 1. The summed E-state index contributed by atoms with van der Waals surface area (Å²) in [6.07, 6.45) is -0.374. The molecule has 0 aliphatic heterocycles. The van der Waals surface area contributed by atoms with Gasteiger partial charge in [0.2, 0.25) is 0 Å². The topological polar surface area (TPSA) is 38.3 Å². The summed E-state index contributed by atoms with van der Waals surface area (Å²) in [5.41, 5.74) is 0. The predicted molar refractivity (Wildman–Crippen MR) is 51.2 cm³/mol. The molecule has 0 heterocycles. The summed E-state index contributed by atoms with van der Waals surface area (Å²) in [5.74, 6) is 0.372. The highest BCUT2D eigenvalue weighted by atomic mass is 16.6. The summed E-state index contributed by atoms with van der Waals surface area (Å²) in [7, 11) is 1.55. The standard InChI is InChI=1S/C7H15NO2.C2H6/c1-5(2)6(3)10-7(9)8-4;1-2/h5-6H,1-4H3,(H,8,9);1-2H3/t6-;/m0./s1. The Bertz CT molecular complexity index is 113. The second-order valence-electron chi connectivity index (χ2n) is 2.60. The van der Waals surface area contributed by atoms with Crippen molar-refractivity contribution >= 4 is 6.09 Å². The SMILES string of the molecule is CC.CNC(=O)O[C@@H](C)C(C)C. The summed E-state index contributed by atoms with van der Waals surface area (Å²) in [5, 5.41) is 2.39. The number of ether oxygens (including phenoxy) is 1. The third-order valence-corrected chi connectivity index (χ3v) is 1.44. The van der Waals surface area contributed by atoms with Crippen LogP contribution in [0.4, 0.5) is 4.79 Å². The number of hydrogen-bond acceptors (Lipinski definition) is 2. The van der Waals surface area contributed by atoms with E-state index in [9.17, 15) is 4.79 Å².